The molecule has 0 aliphatic carbocycles. The average Bonchev–Trinajstić information content (AvgIpc) is 2.98. The maximum atomic E-state index is 11.2. The Labute approximate surface area is 131 Å². The van der Waals surface area contributed by atoms with Crippen LogP contribution in [0, 0.1) is 17.0 Å². The number of tetrazole rings is 1. The predicted octanol–water partition coefficient (Wildman–Crippen LogP) is 2.39. The molecule has 0 atom stereocenters. The molecule has 0 saturated carbocycles. The number of hydrogen-bond donors (Lipinski definition) is 0. The second-order valence-electron chi connectivity index (χ2n) is 5.08. The van der Waals surface area contributed by atoms with E-state index in [0.29, 0.717) is 23.3 Å². The molecular weight excluding hydrogens is 306 g/mol. The Kier molecular flexibility index (Phi) is 4.34. The minimum Gasteiger partial charge on any atom is -0.381 e. The van der Waals surface area contributed by atoms with Crippen LogP contribution in [0.5, 0.6) is 0 Å². The topological polar surface area (TPSA) is 96.0 Å². The Hall–Kier alpha value is -2.00. The first-order chi connectivity index (χ1) is 10.6. The van der Waals surface area contributed by atoms with Crippen LogP contribution in [0.2, 0.25) is 0 Å². The molecule has 9 heteroatoms. The van der Waals surface area contributed by atoms with Crippen molar-refractivity contribution in [2.45, 2.75) is 35.9 Å². The van der Waals surface area contributed by atoms with E-state index in [4.69, 9.17) is 4.74 Å². The van der Waals surface area contributed by atoms with Crippen molar-refractivity contribution in [1.82, 2.24) is 20.2 Å². The van der Waals surface area contributed by atoms with Crippen LogP contribution >= 0.6 is 11.8 Å². The van der Waals surface area contributed by atoms with Gasteiger partial charge in [0, 0.05) is 19.3 Å². The highest BCUT2D eigenvalue weighted by atomic mass is 32.2. The van der Waals surface area contributed by atoms with Crippen LogP contribution < -0.4 is 0 Å². The summed E-state index contributed by atoms with van der Waals surface area (Å²) in [5.74, 6) is 0. The molecule has 1 aromatic heterocycles. The summed E-state index contributed by atoms with van der Waals surface area (Å²) in [4.78, 5) is 11.4. The van der Waals surface area contributed by atoms with Gasteiger partial charge >= 0.3 is 0 Å². The summed E-state index contributed by atoms with van der Waals surface area (Å²) in [7, 11) is 0. The van der Waals surface area contributed by atoms with E-state index in [-0.39, 0.29) is 16.7 Å². The Morgan fingerprint density at radius 1 is 1.41 bits per heavy atom. The Morgan fingerprint density at radius 2 is 2.18 bits per heavy atom. The van der Waals surface area contributed by atoms with Gasteiger partial charge in [-0.3, -0.25) is 10.1 Å². The van der Waals surface area contributed by atoms with Crippen molar-refractivity contribution in [3.05, 3.63) is 33.9 Å². The highest BCUT2D eigenvalue weighted by Crippen LogP contribution is 2.35. The quantitative estimate of drug-likeness (QED) is 0.630. The van der Waals surface area contributed by atoms with Crippen molar-refractivity contribution in [2.24, 2.45) is 0 Å². The van der Waals surface area contributed by atoms with Crippen LogP contribution in [0.15, 0.2) is 28.3 Å². The zero-order valence-corrected chi connectivity index (χ0v) is 12.8. The number of benzene rings is 1. The number of nitro benzene ring substituents is 1. The molecule has 1 aromatic carbocycles. The van der Waals surface area contributed by atoms with E-state index >= 15 is 0 Å². The van der Waals surface area contributed by atoms with Gasteiger partial charge in [-0.2, -0.15) is 0 Å². The monoisotopic (exact) mass is 321 g/mol. The lowest BCUT2D eigenvalue weighted by molar-refractivity contribution is -0.387. The van der Waals surface area contributed by atoms with Gasteiger partial charge in [-0.15, -0.1) is 5.10 Å². The zero-order valence-electron chi connectivity index (χ0n) is 12.0. The molecule has 1 saturated heterocycles. The highest BCUT2D eigenvalue weighted by molar-refractivity contribution is 7.99. The normalized spacial score (nSPS) is 15.9. The lowest BCUT2D eigenvalue weighted by Crippen LogP contribution is -2.21. The average molecular weight is 321 g/mol. The van der Waals surface area contributed by atoms with Crippen molar-refractivity contribution < 1.29 is 9.66 Å². The Morgan fingerprint density at radius 3 is 2.91 bits per heavy atom. The Bertz CT molecular complexity index is 684. The molecule has 1 fully saturated rings. The van der Waals surface area contributed by atoms with Gasteiger partial charge in [-0.1, -0.05) is 6.07 Å². The Balaban J connectivity index is 1.88. The van der Waals surface area contributed by atoms with Gasteiger partial charge in [-0.05, 0) is 53.6 Å². The van der Waals surface area contributed by atoms with Crippen molar-refractivity contribution in [3.8, 4) is 0 Å². The van der Waals surface area contributed by atoms with Crippen LogP contribution in [-0.4, -0.2) is 38.3 Å². The molecule has 0 radical (unpaired) electrons. The molecule has 8 nitrogen and oxygen atoms in total. The molecule has 0 N–H and O–H groups in total. The van der Waals surface area contributed by atoms with Crippen molar-refractivity contribution >= 4 is 17.4 Å². The van der Waals surface area contributed by atoms with Crippen LogP contribution in [0.25, 0.3) is 0 Å². The van der Waals surface area contributed by atoms with Gasteiger partial charge in [-0.25, -0.2) is 4.68 Å². The molecule has 2 aromatic rings. The van der Waals surface area contributed by atoms with Crippen LogP contribution in [0.3, 0.4) is 0 Å². The molecule has 0 amide bonds. The maximum absolute atomic E-state index is 11.2. The number of hydrogen-bond acceptors (Lipinski definition) is 7. The largest absolute Gasteiger partial charge is 0.381 e. The van der Waals surface area contributed by atoms with E-state index < -0.39 is 0 Å². The van der Waals surface area contributed by atoms with Gasteiger partial charge in [0.15, 0.2) is 0 Å². The van der Waals surface area contributed by atoms with Crippen LogP contribution in [0.1, 0.15) is 24.4 Å². The number of aromatic nitrogens is 4. The molecule has 1 aliphatic rings. The van der Waals surface area contributed by atoms with Crippen molar-refractivity contribution in [3.63, 3.8) is 0 Å². The van der Waals surface area contributed by atoms with E-state index in [2.05, 4.69) is 15.5 Å². The second kappa shape index (κ2) is 6.41. The van der Waals surface area contributed by atoms with Crippen LogP contribution in [0.4, 0.5) is 5.69 Å². The first-order valence-corrected chi connectivity index (χ1v) is 7.75. The third kappa shape index (κ3) is 3.09. The number of rotatable bonds is 4. The lowest BCUT2D eigenvalue weighted by Gasteiger charge is -2.22. The van der Waals surface area contributed by atoms with Gasteiger partial charge in [0.1, 0.15) is 0 Å². The van der Waals surface area contributed by atoms with E-state index in [0.717, 1.165) is 18.4 Å². The smallest absolute Gasteiger partial charge is 0.283 e. The van der Waals surface area contributed by atoms with Crippen molar-refractivity contribution in [2.75, 3.05) is 13.2 Å². The molecule has 22 heavy (non-hydrogen) atoms. The van der Waals surface area contributed by atoms with E-state index in [1.807, 2.05) is 13.0 Å². The number of nitrogens with zero attached hydrogens (tertiary/aromatic N) is 5. The maximum Gasteiger partial charge on any atom is 0.283 e. The summed E-state index contributed by atoms with van der Waals surface area (Å²) < 4.78 is 7.09. The molecule has 1 aliphatic heterocycles. The van der Waals surface area contributed by atoms with E-state index in [1.165, 1.54) is 11.8 Å². The summed E-state index contributed by atoms with van der Waals surface area (Å²) in [6, 6.07) is 5.32. The number of aryl methyl sites for hydroxylation is 1. The highest BCUT2D eigenvalue weighted by Gasteiger charge is 2.23. The van der Waals surface area contributed by atoms with Gasteiger partial charge in [0.25, 0.3) is 5.69 Å². The fraction of sp³-hybridized carbons (Fsp3) is 0.462. The number of ether oxygens (including phenoxy) is 1. The van der Waals surface area contributed by atoms with Crippen molar-refractivity contribution in [1.29, 1.82) is 0 Å². The molecule has 0 unspecified atom stereocenters. The minimum absolute atomic E-state index is 0.0755. The zero-order chi connectivity index (χ0) is 15.5. The third-order valence-electron chi connectivity index (χ3n) is 3.51. The molecule has 2 heterocycles. The van der Waals surface area contributed by atoms with E-state index in [9.17, 15) is 10.1 Å². The fourth-order valence-electron chi connectivity index (χ4n) is 2.37. The minimum atomic E-state index is -0.377. The lowest BCUT2D eigenvalue weighted by atomic mass is 10.1. The predicted molar refractivity (Wildman–Crippen MR) is 78.9 cm³/mol. The summed E-state index contributed by atoms with van der Waals surface area (Å²) in [6.45, 7) is 3.19. The van der Waals surface area contributed by atoms with Gasteiger partial charge in [0.05, 0.1) is 15.9 Å². The molecule has 3 rings (SSSR count). The standard InChI is InChI=1S/C13H15N5O3S/c1-9-2-3-12(11(8-9)18(19)20)22-13-14-15-16-17(13)10-4-6-21-7-5-10/h2-3,8,10H,4-7H2,1H3. The first kappa shape index (κ1) is 14.9. The van der Waals surface area contributed by atoms with Gasteiger partial charge < -0.3 is 4.74 Å². The summed E-state index contributed by atoms with van der Waals surface area (Å²) in [5.41, 5.74) is 0.923. The van der Waals surface area contributed by atoms with E-state index in [1.54, 1.807) is 16.8 Å². The summed E-state index contributed by atoms with van der Waals surface area (Å²) in [5, 5.41) is 23.5. The summed E-state index contributed by atoms with van der Waals surface area (Å²) >= 11 is 1.22. The third-order valence-corrected chi connectivity index (χ3v) is 4.53. The molecule has 116 valence electrons. The fourth-order valence-corrected chi connectivity index (χ4v) is 3.29. The second-order valence-corrected chi connectivity index (χ2v) is 6.09. The van der Waals surface area contributed by atoms with Crippen LogP contribution in [-0.2, 0) is 4.74 Å². The first-order valence-electron chi connectivity index (χ1n) is 6.93. The molecular formula is C13H15N5O3S. The molecule has 0 bridgehead atoms. The van der Waals surface area contributed by atoms with Gasteiger partial charge in [0.2, 0.25) is 5.16 Å². The SMILES string of the molecule is Cc1ccc(Sc2nnnn2C2CCOCC2)c([N+](=O)[O-])c1. The summed E-state index contributed by atoms with van der Waals surface area (Å²) in [6.07, 6.45) is 1.68. The molecule has 0 spiro atoms. The number of nitro groups is 1.